The Morgan fingerprint density at radius 1 is 1.36 bits per heavy atom. The lowest BCUT2D eigenvalue weighted by atomic mass is 9.94. The van der Waals surface area contributed by atoms with E-state index in [1.54, 1.807) is 6.07 Å². The minimum Gasteiger partial charge on any atom is -0.495 e. The molecule has 0 aromatic heterocycles. The molecule has 0 spiro atoms. The second-order valence-electron chi connectivity index (χ2n) is 6.00. The van der Waals surface area contributed by atoms with Crippen molar-refractivity contribution in [2.75, 3.05) is 12.4 Å². The van der Waals surface area contributed by atoms with E-state index in [-0.39, 0.29) is 17.4 Å². The van der Waals surface area contributed by atoms with E-state index in [0.29, 0.717) is 17.4 Å². The van der Waals surface area contributed by atoms with Crippen LogP contribution in [0.25, 0.3) is 0 Å². The smallest absolute Gasteiger partial charge is 0.335 e. The first-order valence-corrected chi connectivity index (χ1v) is 7.73. The van der Waals surface area contributed by atoms with Gasteiger partial charge in [0, 0.05) is 5.92 Å². The third-order valence-electron chi connectivity index (χ3n) is 4.32. The molecule has 0 heterocycles. The van der Waals surface area contributed by atoms with Gasteiger partial charge in [0.25, 0.3) is 0 Å². The first-order chi connectivity index (χ1) is 10.5. The molecule has 1 fully saturated rings. The zero-order valence-corrected chi connectivity index (χ0v) is 13.1. The second kappa shape index (κ2) is 7.29. The summed E-state index contributed by atoms with van der Waals surface area (Å²) in [5.74, 6) is -0.121. The number of carbonyl (C=O) groups is 2. The second-order valence-corrected chi connectivity index (χ2v) is 6.00. The average molecular weight is 305 g/mol. The highest BCUT2D eigenvalue weighted by atomic mass is 16.5. The van der Waals surface area contributed by atoms with Gasteiger partial charge in [-0.3, -0.25) is 4.79 Å². The van der Waals surface area contributed by atoms with Gasteiger partial charge in [0.1, 0.15) is 5.75 Å². The standard InChI is InChI=1S/C17H23NO4/c1-11(9-12-5-3-4-6-12)16(19)18-14-8-7-13(17(20)21)10-15(14)22-2/h7-8,10-12H,3-6,9H2,1-2H3,(H,18,19)(H,20,21). The highest BCUT2D eigenvalue weighted by Gasteiger charge is 2.22. The molecule has 1 aromatic rings. The molecule has 0 radical (unpaired) electrons. The Kier molecular flexibility index (Phi) is 5.41. The first kappa shape index (κ1) is 16.3. The van der Waals surface area contributed by atoms with Gasteiger partial charge in [-0.1, -0.05) is 32.6 Å². The van der Waals surface area contributed by atoms with Crippen molar-refractivity contribution in [1.29, 1.82) is 0 Å². The van der Waals surface area contributed by atoms with Gasteiger partial charge in [-0.25, -0.2) is 4.79 Å². The van der Waals surface area contributed by atoms with Crippen LogP contribution in [0.1, 0.15) is 49.4 Å². The molecule has 120 valence electrons. The maximum Gasteiger partial charge on any atom is 0.335 e. The SMILES string of the molecule is COc1cc(C(=O)O)ccc1NC(=O)C(C)CC1CCCC1. The topological polar surface area (TPSA) is 75.6 Å². The van der Waals surface area contributed by atoms with Crippen LogP contribution in [0.3, 0.4) is 0 Å². The summed E-state index contributed by atoms with van der Waals surface area (Å²) in [5.41, 5.74) is 0.643. The zero-order valence-electron chi connectivity index (χ0n) is 13.1. The predicted molar refractivity (Wildman–Crippen MR) is 84.3 cm³/mol. The summed E-state index contributed by atoms with van der Waals surface area (Å²) in [6.45, 7) is 1.94. The van der Waals surface area contributed by atoms with Crippen molar-refractivity contribution < 1.29 is 19.4 Å². The molecular formula is C17H23NO4. The fourth-order valence-electron chi connectivity index (χ4n) is 3.04. The Morgan fingerprint density at radius 2 is 2.05 bits per heavy atom. The summed E-state index contributed by atoms with van der Waals surface area (Å²) in [6.07, 6.45) is 5.87. The molecule has 1 aliphatic rings. The van der Waals surface area contributed by atoms with E-state index in [0.717, 1.165) is 6.42 Å². The number of methoxy groups -OCH3 is 1. The predicted octanol–water partition coefficient (Wildman–Crippen LogP) is 3.55. The van der Waals surface area contributed by atoms with Crippen molar-refractivity contribution in [3.63, 3.8) is 0 Å². The molecule has 1 saturated carbocycles. The molecule has 2 N–H and O–H groups in total. The summed E-state index contributed by atoms with van der Waals surface area (Å²) in [4.78, 5) is 23.3. The van der Waals surface area contributed by atoms with Crippen molar-refractivity contribution in [3.05, 3.63) is 23.8 Å². The van der Waals surface area contributed by atoms with Crippen LogP contribution in [0.4, 0.5) is 5.69 Å². The van der Waals surface area contributed by atoms with E-state index in [4.69, 9.17) is 9.84 Å². The third-order valence-corrected chi connectivity index (χ3v) is 4.32. The van der Waals surface area contributed by atoms with E-state index >= 15 is 0 Å². The van der Waals surface area contributed by atoms with Crippen molar-refractivity contribution >= 4 is 17.6 Å². The molecule has 0 saturated heterocycles. The Bertz CT molecular complexity index is 550. The van der Waals surface area contributed by atoms with Gasteiger partial charge in [0.2, 0.25) is 5.91 Å². The quantitative estimate of drug-likeness (QED) is 0.842. The lowest BCUT2D eigenvalue weighted by Gasteiger charge is -2.17. The molecule has 1 aromatic carbocycles. The van der Waals surface area contributed by atoms with Crippen LogP contribution in [0.5, 0.6) is 5.75 Å². The minimum absolute atomic E-state index is 0.0479. The molecule has 5 nitrogen and oxygen atoms in total. The van der Waals surface area contributed by atoms with Crippen LogP contribution < -0.4 is 10.1 Å². The van der Waals surface area contributed by atoms with E-state index in [9.17, 15) is 9.59 Å². The van der Waals surface area contributed by atoms with E-state index in [1.807, 2.05) is 6.92 Å². The van der Waals surface area contributed by atoms with Crippen LogP contribution in [0, 0.1) is 11.8 Å². The van der Waals surface area contributed by atoms with Gasteiger partial charge in [-0.15, -0.1) is 0 Å². The molecule has 1 aliphatic carbocycles. The van der Waals surface area contributed by atoms with Crippen molar-refractivity contribution in [2.45, 2.75) is 39.0 Å². The van der Waals surface area contributed by atoms with Crippen LogP contribution in [-0.2, 0) is 4.79 Å². The van der Waals surface area contributed by atoms with Crippen molar-refractivity contribution in [2.24, 2.45) is 11.8 Å². The zero-order chi connectivity index (χ0) is 16.1. The fourth-order valence-corrected chi connectivity index (χ4v) is 3.04. The highest BCUT2D eigenvalue weighted by Crippen LogP contribution is 2.31. The minimum atomic E-state index is -1.02. The molecule has 0 bridgehead atoms. The van der Waals surface area contributed by atoms with Crippen molar-refractivity contribution in [1.82, 2.24) is 0 Å². The van der Waals surface area contributed by atoms with Gasteiger partial charge < -0.3 is 15.2 Å². The van der Waals surface area contributed by atoms with Crippen LogP contribution in [-0.4, -0.2) is 24.1 Å². The van der Waals surface area contributed by atoms with Gasteiger partial charge in [-0.05, 0) is 30.5 Å². The number of carbonyl (C=O) groups excluding carboxylic acids is 1. The number of benzene rings is 1. The summed E-state index contributed by atoms with van der Waals surface area (Å²) in [6, 6.07) is 4.45. The monoisotopic (exact) mass is 305 g/mol. The Morgan fingerprint density at radius 3 is 2.64 bits per heavy atom. The van der Waals surface area contributed by atoms with Gasteiger partial charge in [0.15, 0.2) is 0 Å². The number of amides is 1. The van der Waals surface area contributed by atoms with Crippen LogP contribution >= 0.6 is 0 Å². The van der Waals surface area contributed by atoms with Gasteiger partial charge in [-0.2, -0.15) is 0 Å². The van der Waals surface area contributed by atoms with Crippen LogP contribution in [0.15, 0.2) is 18.2 Å². The number of ether oxygens (including phenoxy) is 1. The lowest BCUT2D eigenvalue weighted by Crippen LogP contribution is -2.22. The molecular weight excluding hydrogens is 282 g/mol. The molecule has 1 unspecified atom stereocenters. The Hall–Kier alpha value is -2.04. The number of rotatable bonds is 6. The van der Waals surface area contributed by atoms with Crippen LogP contribution in [0.2, 0.25) is 0 Å². The van der Waals surface area contributed by atoms with Gasteiger partial charge >= 0.3 is 5.97 Å². The fraction of sp³-hybridized carbons (Fsp3) is 0.529. The molecule has 5 heteroatoms. The molecule has 1 atom stereocenters. The summed E-state index contributed by atoms with van der Waals surface area (Å²) < 4.78 is 5.17. The summed E-state index contributed by atoms with van der Waals surface area (Å²) in [7, 11) is 1.46. The maximum atomic E-state index is 12.3. The number of carboxylic acids is 1. The highest BCUT2D eigenvalue weighted by molar-refractivity contribution is 5.95. The Balaban J connectivity index is 2.02. The number of anilines is 1. The molecule has 22 heavy (non-hydrogen) atoms. The van der Waals surface area contributed by atoms with E-state index in [2.05, 4.69) is 5.32 Å². The number of aromatic carboxylic acids is 1. The average Bonchev–Trinajstić information content (AvgIpc) is 3.00. The lowest BCUT2D eigenvalue weighted by molar-refractivity contribution is -0.119. The third kappa shape index (κ3) is 4.00. The molecule has 2 rings (SSSR count). The summed E-state index contributed by atoms with van der Waals surface area (Å²) >= 11 is 0. The molecule has 1 amide bonds. The Labute approximate surface area is 130 Å². The van der Waals surface area contributed by atoms with Gasteiger partial charge in [0.05, 0.1) is 18.4 Å². The maximum absolute atomic E-state index is 12.3. The number of carboxylic acid groups (broad SMARTS) is 1. The van der Waals surface area contributed by atoms with E-state index in [1.165, 1.54) is 44.9 Å². The summed E-state index contributed by atoms with van der Waals surface area (Å²) in [5, 5.41) is 11.8. The van der Waals surface area contributed by atoms with E-state index < -0.39 is 5.97 Å². The van der Waals surface area contributed by atoms with Crippen molar-refractivity contribution in [3.8, 4) is 5.75 Å². The number of hydrogen-bond acceptors (Lipinski definition) is 3. The molecule has 0 aliphatic heterocycles. The largest absolute Gasteiger partial charge is 0.495 e. The normalized spacial score (nSPS) is 16.3. The first-order valence-electron chi connectivity index (χ1n) is 7.73. The number of hydrogen-bond donors (Lipinski definition) is 2. The number of nitrogens with one attached hydrogen (secondary N) is 1.